The second kappa shape index (κ2) is 14.7. The van der Waals surface area contributed by atoms with E-state index in [2.05, 4.69) is 49.9 Å². The Labute approximate surface area is 304 Å². The number of nitrogens with one attached hydrogen (secondary N) is 2. The van der Waals surface area contributed by atoms with Crippen LogP contribution in [-0.2, 0) is 11.3 Å². The summed E-state index contributed by atoms with van der Waals surface area (Å²) in [6, 6.07) is 13.7. The molecule has 3 aromatic carbocycles. The highest BCUT2D eigenvalue weighted by atomic mass is 19.2. The molecule has 1 saturated carbocycles. The fourth-order valence-corrected chi connectivity index (χ4v) is 7.44. The molecule has 11 nitrogen and oxygen atoms in total. The molecule has 0 radical (unpaired) electrons. The van der Waals surface area contributed by atoms with Crippen LogP contribution in [0.2, 0.25) is 0 Å². The fourth-order valence-electron chi connectivity index (χ4n) is 7.44. The molecular weight excluding hydrogens is 687 g/mol. The first kappa shape index (κ1) is 34.9. The van der Waals surface area contributed by atoms with Crippen molar-refractivity contribution < 1.29 is 32.2 Å². The van der Waals surface area contributed by atoms with E-state index in [-0.39, 0.29) is 30.7 Å². The summed E-state index contributed by atoms with van der Waals surface area (Å²) in [6.07, 6.45) is 9.05. The van der Waals surface area contributed by atoms with Gasteiger partial charge in [-0.2, -0.15) is 9.49 Å². The first-order valence-electron chi connectivity index (χ1n) is 17.9. The van der Waals surface area contributed by atoms with Crippen LogP contribution >= 0.6 is 0 Å². The first-order chi connectivity index (χ1) is 25.8. The monoisotopic (exact) mass is 727 g/mol. The number of fused-ring (bicyclic) bond motifs is 1. The van der Waals surface area contributed by atoms with E-state index in [1.807, 2.05) is 17.1 Å². The lowest BCUT2D eigenvalue weighted by atomic mass is 9.86. The van der Waals surface area contributed by atoms with E-state index in [0.29, 0.717) is 23.3 Å². The van der Waals surface area contributed by atoms with Gasteiger partial charge >= 0.3 is 0 Å². The second-order valence-corrected chi connectivity index (χ2v) is 14.1. The molecule has 14 heteroatoms. The minimum absolute atomic E-state index is 0.131. The van der Waals surface area contributed by atoms with Crippen molar-refractivity contribution in [3.63, 3.8) is 0 Å². The van der Waals surface area contributed by atoms with Crippen LogP contribution in [0.5, 0.6) is 11.5 Å². The van der Waals surface area contributed by atoms with Gasteiger partial charge in [-0.3, -0.25) is 9.48 Å². The quantitative estimate of drug-likeness (QED) is 0.171. The number of halogens is 3. The number of rotatable bonds is 10. The maximum Gasteiger partial charge on any atom is 0.254 e. The Kier molecular flexibility index (Phi) is 9.64. The topological polar surface area (TPSA) is 116 Å². The molecule has 276 valence electrons. The number of ether oxygens (including phenoxy) is 3. The third kappa shape index (κ3) is 7.25. The molecule has 8 rings (SSSR count). The van der Waals surface area contributed by atoms with Crippen molar-refractivity contribution in [2.24, 2.45) is 5.92 Å². The molecule has 0 unspecified atom stereocenters. The summed E-state index contributed by atoms with van der Waals surface area (Å²) in [6.45, 7) is 4.09. The number of carbonyl (C=O) groups is 1. The molecule has 2 saturated heterocycles. The van der Waals surface area contributed by atoms with Gasteiger partial charge in [0.25, 0.3) is 5.91 Å². The minimum Gasteiger partial charge on any atom is -0.497 e. The minimum atomic E-state index is -1.54. The van der Waals surface area contributed by atoms with E-state index < -0.39 is 34.7 Å². The number of morpholine rings is 1. The predicted octanol–water partition coefficient (Wildman–Crippen LogP) is 5.84. The van der Waals surface area contributed by atoms with Crippen LogP contribution in [0.15, 0.2) is 67.1 Å². The van der Waals surface area contributed by atoms with Gasteiger partial charge in [-0.1, -0.05) is 24.3 Å². The van der Waals surface area contributed by atoms with Crippen molar-refractivity contribution in [2.75, 3.05) is 51.3 Å². The highest BCUT2D eigenvalue weighted by Gasteiger charge is 2.46. The molecule has 3 aliphatic rings. The van der Waals surface area contributed by atoms with Crippen molar-refractivity contribution in [1.82, 2.24) is 30.4 Å². The molecule has 0 bridgehead atoms. The maximum atomic E-state index is 14.9. The average Bonchev–Trinajstić information content (AvgIpc) is 3.62. The van der Waals surface area contributed by atoms with Crippen LogP contribution in [0.1, 0.15) is 47.6 Å². The SMILES string of the molecule is COc1ccc(COc2c(F)cc(C(=O)NC[C@H]3CC[C@H](n4cc5ccc(-c6cnc(N7CC8(CNCCO8)C7)nc6)cc5n4)CC3)c(F)c2F)cc1. The molecular formula is C39H40F3N7O4. The van der Waals surface area contributed by atoms with E-state index in [1.54, 1.807) is 24.3 Å². The van der Waals surface area contributed by atoms with E-state index in [9.17, 15) is 18.0 Å². The van der Waals surface area contributed by atoms with Crippen LogP contribution in [-0.4, -0.2) is 77.7 Å². The molecule has 2 N–H and O–H groups in total. The maximum absolute atomic E-state index is 14.9. The van der Waals surface area contributed by atoms with Gasteiger partial charge < -0.3 is 29.7 Å². The van der Waals surface area contributed by atoms with Gasteiger partial charge in [-0.25, -0.2) is 18.7 Å². The van der Waals surface area contributed by atoms with Crippen molar-refractivity contribution in [2.45, 2.75) is 43.9 Å². The zero-order valence-corrected chi connectivity index (χ0v) is 29.3. The number of amides is 1. The van der Waals surface area contributed by atoms with Gasteiger partial charge in [0, 0.05) is 49.2 Å². The Balaban J connectivity index is 0.831. The van der Waals surface area contributed by atoms with Gasteiger partial charge in [0.05, 0.1) is 43.9 Å². The molecule has 4 heterocycles. The summed E-state index contributed by atoms with van der Waals surface area (Å²) in [5.41, 5.74) is 2.55. The van der Waals surface area contributed by atoms with Gasteiger partial charge in [0.15, 0.2) is 17.4 Å². The number of hydrogen-bond donors (Lipinski definition) is 2. The molecule has 1 amide bonds. The molecule has 2 aromatic heterocycles. The average molecular weight is 728 g/mol. The highest BCUT2D eigenvalue weighted by Crippen LogP contribution is 2.34. The van der Waals surface area contributed by atoms with E-state index in [0.717, 1.165) is 80.5 Å². The highest BCUT2D eigenvalue weighted by molar-refractivity contribution is 5.94. The number of hydrogen-bond acceptors (Lipinski definition) is 9. The standard InChI is InChI=1S/C39H40F3N7O4/c1-51-30-10-4-25(5-11-30)20-52-36-32(40)15-31(34(41)35(36)42)37(50)44-16-24-2-8-29(9-3-24)49-19-27-7-6-26(14-33(27)47-49)28-17-45-38(46-18-28)48-22-39(23-48)21-43-12-13-53-39/h4-7,10-11,14-15,17-19,24,29,43H,2-3,8-9,12-13,16,20-23H2,1H3,(H,44,50)/t24-,29-. The number of anilines is 1. The summed E-state index contributed by atoms with van der Waals surface area (Å²) >= 11 is 0. The molecule has 0 atom stereocenters. The third-order valence-electron chi connectivity index (χ3n) is 10.5. The Morgan fingerprint density at radius 3 is 2.49 bits per heavy atom. The van der Waals surface area contributed by atoms with Crippen molar-refractivity contribution in [3.8, 4) is 22.6 Å². The van der Waals surface area contributed by atoms with Crippen LogP contribution in [0, 0.1) is 23.4 Å². The fraction of sp³-hybridized carbons (Fsp3) is 0.385. The molecule has 5 aromatic rings. The van der Waals surface area contributed by atoms with Crippen LogP contribution in [0.25, 0.3) is 22.0 Å². The van der Waals surface area contributed by atoms with Gasteiger partial charge in [0.2, 0.25) is 11.8 Å². The summed E-state index contributed by atoms with van der Waals surface area (Å²) in [7, 11) is 1.52. The Bertz CT molecular complexity index is 2090. The van der Waals surface area contributed by atoms with Crippen molar-refractivity contribution in [1.29, 1.82) is 0 Å². The molecule has 53 heavy (non-hydrogen) atoms. The smallest absolute Gasteiger partial charge is 0.254 e. The number of carbonyl (C=O) groups excluding carboxylic acids is 1. The van der Waals surface area contributed by atoms with E-state index >= 15 is 0 Å². The van der Waals surface area contributed by atoms with Crippen LogP contribution in [0.4, 0.5) is 19.1 Å². The molecule has 1 spiro atoms. The Morgan fingerprint density at radius 2 is 1.77 bits per heavy atom. The van der Waals surface area contributed by atoms with Crippen molar-refractivity contribution in [3.05, 3.63) is 95.7 Å². The summed E-state index contributed by atoms with van der Waals surface area (Å²) in [5, 5.41) is 12.0. The number of methoxy groups -OCH3 is 1. The Hall–Kier alpha value is -5.21. The van der Waals surface area contributed by atoms with Crippen LogP contribution < -0.4 is 25.0 Å². The zero-order valence-electron chi connectivity index (χ0n) is 29.3. The van der Waals surface area contributed by atoms with Gasteiger partial charge in [0.1, 0.15) is 18.0 Å². The second-order valence-electron chi connectivity index (χ2n) is 14.1. The van der Waals surface area contributed by atoms with E-state index in [1.165, 1.54) is 7.11 Å². The molecule has 1 aliphatic carbocycles. The number of nitrogens with zero attached hydrogens (tertiary/aromatic N) is 5. The lowest BCUT2D eigenvalue weighted by Gasteiger charge is -2.51. The predicted molar refractivity (Wildman–Crippen MR) is 191 cm³/mol. The summed E-state index contributed by atoms with van der Waals surface area (Å²) in [5.74, 6) is -4.46. The molecule has 2 aliphatic heterocycles. The largest absolute Gasteiger partial charge is 0.497 e. The lowest BCUT2D eigenvalue weighted by molar-refractivity contribution is -0.0834. The number of aromatic nitrogens is 4. The van der Waals surface area contributed by atoms with Gasteiger partial charge in [-0.15, -0.1) is 0 Å². The molecule has 3 fully saturated rings. The summed E-state index contributed by atoms with van der Waals surface area (Å²) in [4.78, 5) is 24.2. The summed E-state index contributed by atoms with van der Waals surface area (Å²) < 4.78 is 62.9. The van der Waals surface area contributed by atoms with E-state index in [4.69, 9.17) is 19.3 Å². The first-order valence-corrected chi connectivity index (χ1v) is 17.9. The Morgan fingerprint density at radius 1 is 1.00 bits per heavy atom. The lowest BCUT2D eigenvalue weighted by Crippen LogP contribution is -2.70. The zero-order chi connectivity index (χ0) is 36.5. The normalized spacial score (nSPS) is 19.6. The van der Waals surface area contributed by atoms with Crippen molar-refractivity contribution >= 4 is 22.8 Å². The van der Waals surface area contributed by atoms with Gasteiger partial charge in [-0.05, 0) is 67.0 Å². The third-order valence-corrected chi connectivity index (χ3v) is 10.5. The number of benzene rings is 3. The van der Waals surface area contributed by atoms with Crippen LogP contribution in [0.3, 0.4) is 0 Å².